The Kier molecular flexibility index (Phi) is 4.92. The zero-order valence-corrected chi connectivity index (χ0v) is 20.2. The highest BCUT2D eigenvalue weighted by Gasteiger charge is 2.73. The number of epoxide rings is 1. The highest BCUT2D eigenvalue weighted by molar-refractivity contribution is 5.38. The molecule has 5 rings (SSSR count). The molecule has 0 amide bonds. The van der Waals surface area contributed by atoms with Gasteiger partial charge in [-0.2, -0.15) is 0 Å². The quantitative estimate of drug-likeness (QED) is 0.420. The van der Waals surface area contributed by atoms with E-state index in [1.807, 2.05) is 0 Å². The second kappa shape index (κ2) is 6.95. The van der Waals surface area contributed by atoms with Crippen molar-refractivity contribution in [3.05, 3.63) is 23.8 Å². The molecule has 1 aliphatic heterocycles. The fraction of sp³-hybridized carbons (Fsp3) is 0.857. The van der Waals surface area contributed by atoms with Gasteiger partial charge in [-0.3, -0.25) is 0 Å². The van der Waals surface area contributed by atoms with Gasteiger partial charge in [-0.05, 0) is 79.4 Å². The van der Waals surface area contributed by atoms with Crippen LogP contribution in [0.3, 0.4) is 0 Å². The van der Waals surface area contributed by atoms with Crippen LogP contribution in [-0.4, -0.2) is 22.9 Å². The normalized spacial score (nSPS) is 51.6. The summed E-state index contributed by atoms with van der Waals surface area (Å²) in [5.74, 6) is 4.26. The number of rotatable bonds is 4. The summed E-state index contributed by atoms with van der Waals surface area (Å²) in [5, 5.41) is 10.4. The maximum absolute atomic E-state index is 10.4. The standard InChI is InChI=1S/C28H44O2/c1-17(2)18(3)7-8-19(4)22-9-10-23-21-15-25-28(30-25)16-20(29)11-14-27(28,6)24(21)12-13-26(22,23)5/h7-8,15,17-20,22-25,29H,9-14,16H2,1-6H3/b8-7+/t18-,19+,20+,22-,23+,24-,25-,26+,27-,28+/m0/s1. The Balaban J connectivity index is 1.40. The lowest BCUT2D eigenvalue weighted by Gasteiger charge is -2.56. The fourth-order valence-corrected chi connectivity index (χ4v) is 8.52. The van der Waals surface area contributed by atoms with Crippen LogP contribution < -0.4 is 0 Å². The molecule has 1 heterocycles. The van der Waals surface area contributed by atoms with E-state index in [0.29, 0.717) is 23.2 Å². The molecule has 2 heteroatoms. The van der Waals surface area contributed by atoms with E-state index in [0.717, 1.165) is 37.0 Å². The van der Waals surface area contributed by atoms with Crippen LogP contribution in [0, 0.1) is 46.3 Å². The maximum Gasteiger partial charge on any atom is 0.107 e. The van der Waals surface area contributed by atoms with Gasteiger partial charge in [-0.15, -0.1) is 0 Å². The highest BCUT2D eigenvalue weighted by atomic mass is 16.6. The van der Waals surface area contributed by atoms with E-state index in [9.17, 15) is 5.11 Å². The van der Waals surface area contributed by atoms with Crippen molar-refractivity contribution in [2.75, 3.05) is 0 Å². The molecule has 0 aromatic carbocycles. The zero-order valence-electron chi connectivity index (χ0n) is 20.2. The van der Waals surface area contributed by atoms with Crippen molar-refractivity contribution in [1.82, 2.24) is 0 Å². The molecule has 168 valence electrons. The highest BCUT2D eigenvalue weighted by Crippen LogP contribution is 2.72. The first-order valence-corrected chi connectivity index (χ1v) is 12.9. The molecule has 1 N–H and O–H groups in total. The van der Waals surface area contributed by atoms with E-state index >= 15 is 0 Å². The summed E-state index contributed by atoms with van der Waals surface area (Å²) < 4.78 is 6.43. The van der Waals surface area contributed by atoms with Crippen molar-refractivity contribution < 1.29 is 9.84 Å². The number of ether oxygens (including phenoxy) is 1. The Hall–Kier alpha value is -0.600. The van der Waals surface area contributed by atoms with E-state index in [1.54, 1.807) is 5.57 Å². The van der Waals surface area contributed by atoms with E-state index in [1.165, 1.54) is 25.7 Å². The maximum atomic E-state index is 10.4. The number of aliphatic hydroxyl groups is 1. The van der Waals surface area contributed by atoms with Gasteiger partial charge in [0, 0.05) is 11.8 Å². The molecule has 3 saturated carbocycles. The summed E-state index contributed by atoms with van der Waals surface area (Å²) in [6.07, 6.45) is 16.0. The van der Waals surface area contributed by atoms with Crippen LogP contribution in [0.2, 0.25) is 0 Å². The van der Waals surface area contributed by atoms with Crippen molar-refractivity contribution in [2.45, 2.75) is 104 Å². The second-order valence-electron chi connectivity index (χ2n) is 12.6. The van der Waals surface area contributed by atoms with Gasteiger partial charge in [-0.1, -0.05) is 65.3 Å². The summed E-state index contributed by atoms with van der Waals surface area (Å²) >= 11 is 0. The minimum atomic E-state index is -0.163. The second-order valence-corrected chi connectivity index (χ2v) is 12.6. The third kappa shape index (κ3) is 2.81. The van der Waals surface area contributed by atoms with Gasteiger partial charge in [0.1, 0.15) is 11.7 Å². The van der Waals surface area contributed by atoms with Crippen LogP contribution in [-0.2, 0) is 4.74 Å². The number of aliphatic hydroxyl groups excluding tert-OH is 1. The average Bonchev–Trinajstić information content (AvgIpc) is 3.27. The number of fused-ring (bicyclic) bond motifs is 4. The molecule has 0 radical (unpaired) electrons. The van der Waals surface area contributed by atoms with E-state index in [2.05, 4.69) is 59.8 Å². The van der Waals surface area contributed by atoms with E-state index in [-0.39, 0.29) is 23.2 Å². The summed E-state index contributed by atoms with van der Waals surface area (Å²) in [6, 6.07) is 0. The first-order valence-electron chi connectivity index (χ1n) is 12.9. The van der Waals surface area contributed by atoms with Gasteiger partial charge in [0.2, 0.25) is 0 Å². The zero-order chi connectivity index (χ0) is 21.5. The van der Waals surface area contributed by atoms with Crippen molar-refractivity contribution in [3.63, 3.8) is 0 Å². The van der Waals surface area contributed by atoms with Gasteiger partial charge in [-0.25, -0.2) is 0 Å². The molecule has 0 aromatic heterocycles. The third-order valence-electron chi connectivity index (χ3n) is 10.9. The average molecular weight is 413 g/mol. The first-order chi connectivity index (χ1) is 14.1. The third-order valence-corrected chi connectivity index (χ3v) is 10.9. The van der Waals surface area contributed by atoms with Crippen LogP contribution in [0.15, 0.2) is 23.8 Å². The van der Waals surface area contributed by atoms with Gasteiger partial charge in [0.15, 0.2) is 0 Å². The Labute approximate surface area is 184 Å². The molecular weight excluding hydrogens is 368 g/mol. The smallest absolute Gasteiger partial charge is 0.107 e. The lowest BCUT2D eigenvalue weighted by Crippen LogP contribution is -2.55. The lowest BCUT2D eigenvalue weighted by molar-refractivity contribution is -0.0527. The van der Waals surface area contributed by atoms with Crippen molar-refractivity contribution in [3.8, 4) is 0 Å². The van der Waals surface area contributed by atoms with Crippen molar-refractivity contribution in [2.24, 2.45) is 46.3 Å². The summed E-state index contributed by atoms with van der Waals surface area (Å²) in [7, 11) is 0. The van der Waals surface area contributed by atoms with Gasteiger partial charge >= 0.3 is 0 Å². The van der Waals surface area contributed by atoms with Gasteiger partial charge in [0.05, 0.1) is 6.10 Å². The van der Waals surface area contributed by atoms with Crippen LogP contribution in [0.4, 0.5) is 0 Å². The van der Waals surface area contributed by atoms with Gasteiger partial charge < -0.3 is 9.84 Å². The van der Waals surface area contributed by atoms with E-state index in [4.69, 9.17) is 4.74 Å². The van der Waals surface area contributed by atoms with Gasteiger partial charge in [0.25, 0.3) is 0 Å². The molecule has 4 fully saturated rings. The Morgan fingerprint density at radius 2 is 1.77 bits per heavy atom. The van der Waals surface area contributed by atoms with Crippen LogP contribution in [0.1, 0.15) is 86.5 Å². The summed E-state index contributed by atoms with van der Waals surface area (Å²) in [6.45, 7) is 14.6. The Morgan fingerprint density at radius 3 is 2.50 bits per heavy atom. The predicted molar refractivity (Wildman–Crippen MR) is 123 cm³/mol. The summed E-state index contributed by atoms with van der Waals surface area (Å²) in [5.41, 5.74) is 2.38. The Bertz CT molecular complexity index is 752. The SMILES string of the molecule is CC(C)[C@@H](C)/C=C/[C@@H](C)[C@@H]1CC[C@@H]2C3=C[C@@H]4O[C@]45C[C@H](O)CC[C@@]5(C)[C@H]3CC[C@@]21C. The molecule has 5 aliphatic rings. The molecule has 10 atom stereocenters. The molecule has 0 aromatic rings. The summed E-state index contributed by atoms with van der Waals surface area (Å²) in [4.78, 5) is 0. The minimum absolute atomic E-state index is 0.0480. The minimum Gasteiger partial charge on any atom is -0.393 e. The van der Waals surface area contributed by atoms with Crippen LogP contribution in [0.25, 0.3) is 0 Å². The van der Waals surface area contributed by atoms with Crippen molar-refractivity contribution in [1.29, 1.82) is 0 Å². The molecule has 30 heavy (non-hydrogen) atoms. The van der Waals surface area contributed by atoms with Crippen LogP contribution in [0.5, 0.6) is 0 Å². The number of allylic oxidation sites excluding steroid dienone is 3. The molecular formula is C28H44O2. The van der Waals surface area contributed by atoms with E-state index < -0.39 is 0 Å². The topological polar surface area (TPSA) is 32.8 Å². The first kappa shape index (κ1) is 21.3. The molecule has 4 aliphatic carbocycles. The molecule has 0 bridgehead atoms. The largest absolute Gasteiger partial charge is 0.393 e. The number of hydrogen-bond donors (Lipinski definition) is 1. The molecule has 1 saturated heterocycles. The molecule has 2 nitrogen and oxygen atoms in total. The lowest BCUT2D eigenvalue weighted by atomic mass is 9.47. The monoisotopic (exact) mass is 412 g/mol. The van der Waals surface area contributed by atoms with Crippen molar-refractivity contribution >= 4 is 0 Å². The Morgan fingerprint density at radius 1 is 1.00 bits per heavy atom. The predicted octanol–water partition coefficient (Wildman–Crippen LogP) is 6.54. The fourth-order valence-electron chi connectivity index (χ4n) is 8.52. The molecule has 0 unspecified atom stereocenters. The number of hydrogen-bond acceptors (Lipinski definition) is 2. The molecule has 1 spiro atoms. The van der Waals surface area contributed by atoms with Crippen LogP contribution >= 0.6 is 0 Å².